The Kier molecular flexibility index (Phi) is 7.36. The third kappa shape index (κ3) is 8.20. The first kappa shape index (κ1) is 16.0. The summed E-state index contributed by atoms with van der Waals surface area (Å²) in [5.74, 6) is 2.28. The van der Waals surface area contributed by atoms with Crippen LogP contribution in [-0.2, 0) is 30.9 Å². The van der Waals surface area contributed by atoms with Gasteiger partial charge in [-0.2, -0.15) is 0 Å². The fraction of sp³-hybridized carbons (Fsp3) is 0.857. The highest BCUT2D eigenvalue weighted by Crippen LogP contribution is 2.27. The maximum Gasteiger partial charge on any atom is 0.370 e. The van der Waals surface area contributed by atoms with Crippen molar-refractivity contribution in [1.29, 1.82) is 0 Å². The third-order valence-corrected chi connectivity index (χ3v) is 5.88. The standard InChI is InChI=1S/C7H13O2S2.FHO3S/c1-3-9-6(8)7-10-4-5-11(7)2;1-5(2,3)4/h7H,3-5H2,1-2H3;(H,2,3,4)/q+1;/p-1. The molecular formula is C7H13FO5S3. The second-order valence-corrected chi connectivity index (χ2v) is 7.30. The Balaban J connectivity index is 0.000000385. The lowest BCUT2D eigenvalue weighted by atomic mass is 10.7. The Hall–Kier alpha value is 0.01000. The Bertz CT molecular complexity index is 310. The van der Waals surface area contributed by atoms with Crippen LogP contribution in [0.2, 0.25) is 0 Å². The average molecular weight is 292 g/mol. The van der Waals surface area contributed by atoms with E-state index in [0.29, 0.717) is 6.61 Å². The zero-order chi connectivity index (χ0) is 12.8. The molecule has 0 amide bonds. The topological polar surface area (TPSA) is 83.5 Å². The maximum absolute atomic E-state index is 11.2. The molecule has 0 aromatic heterocycles. The number of carbonyl (C=O) groups excluding carboxylic acids is 1. The van der Waals surface area contributed by atoms with Crippen LogP contribution in [0.3, 0.4) is 0 Å². The molecule has 0 aliphatic carbocycles. The molecule has 2 unspecified atom stereocenters. The maximum atomic E-state index is 11.2. The molecule has 1 heterocycles. The molecule has 96 valence electrons. The zero-order valence-electron chi connectivity index (χ0n) is 8.84. The molecular weight excluding hydrogens is 279 g/mol. The van der Waals surface area contributed by atoms with Crippen LogP contribution in [0.5, 0.6) is 0 Å². The molecule has 0 aromatic carbocycles. The summed E-state index contributed by atoms with van der Waals surface area (Å²) in [6.07, 6.45) is 2.14. The predicted octanol–water partition coefficient (Wildman–Crippen LogP) is 0.287. The average Bonchev–Trinajstić information content (AvgIpc) is 2.48. The highest BCUT2D eigenvalue weighted by Gasteiger charge is 2.40. The number of carbonyl (C=O) groups is 1. The van der Waals surface area contributed by atoms with Crippen molar-refractivity contribution in [3.63, 3.8) is 0 Å². The molecule has 0 N–H and O–H groups in total. The van der Waals surface area contributed by atoms with Gasteiger partial charge in [0.15, 0.2) is 0 Å². The molecule has 1 rings (SSSR count). The molecule has 1 fully saturated rings. The van der Waals surface area contributed by atoms with Crippen LogP contribution in [0.15, 0.2) is 0 Å². The van der Waals surface area contributed by atoms with Gasteiger partial charge in [-0.25, -0.2) is 13.2 Å². The molecule has 9 heteroatoms. The number of rotatable bonds is 2. The molecule has 0 spiro atoms. The summed E-state index contributed by atoms with van der Waals surface area (Å²) in [6, 6.07) is 0. The second kappa shape index (κ2) is 7.36. The van der Waals surface area contributed by atoms with E-state index in [1.807, 2.05) is 6.92 Å². The van der Waals surface area contributed by atoms with E-state index in [0.717, 1.165) is 5.75 Å². The summed E-state index contributed by atoms with van der Waals surface area (Å²) in [5.41, 5.74) is 0. The molecule has 1 aliphatic rings. The summed E-state index contributed by atoms with van der Waals surface area (Å²) in [4.78, 5) is 11.2. The Morgan fingerprint density at radius 3 is 2.50 bits per heavy atom. The Morgan fingerprint density at radius 1 is 1.69 bits per heavy atom. The van der Waals surface area contributed by atoms with Gasteiger partial charge >= 0.3 is 5.97 Å². The first-order valence-corrected chi connectivity index (χ1v) is 8.53. The third-order valence-electron chi connectivity index (χ3n) is 1.52. The van der Waals surface area contributed by atoms with Crippen LogP contribution in [0, 0.1) is 0 Å². The largest absolute Gasteiger partial charge is 0.722 e. The molecule has 0 saturated carbocycles. The normalized spacial score (nSPS) is 24.5. The fourth-order valence-electron chi connectivity index (χ4n) is 0.952. The number of hydrogen-bond acceptors (Lipinski definition) is 6. The van der Waals surface area contributed by atoms with Crippen LogP contribution in [0.25, 0.3) is 0 Å². The molecule has 1 saturated heterocycles. The molecule has 0 bridgehead atoms. The van der Waals surface area contributed by atoms with E-state index in [9.17, 15) is 8.68 Å². The molecule has 0 radical (unpaired) electrons. The van der Waals surface area contributed by atoms with Gasteiger partial charge < -0.3 is 9.29 Å². The molecule has 2 atom stereocenters. The lowest BCUT2D eigenvalue weighted by molar-refractivity contribution is -0.140. The summed E-state index contributed by atoms with van der Waals surface area (Å²) >= 11 is 1.74. The van der Waals surface area contributed by atoms with Gasteiger partial charge in [0, 0.05) is 16.6 Å². The highest BCUT2D eigenvalue weighted by atomic mass is 32.3. The van der Waals surface area contributed by atoms with Gasteiger partial charge in [0.1, 0.15) is 5.75 Å². The van der Waals surface area contributed by atoms with E-state index in [1.165, 1.54) is 5.75 Å². The molecule has 0 aromatic rings. The van der Waals surface area contributed by atoms with Crippen LogP contribution >= 0.6 is 11.8 Å². The lowest BCUT2D eigenvalue weighted by Gasteiger charge is -2.05. The number of hydrogen-bond donors (Lipinski definition) is 0. The van der Waals surface area contributed by atoms with Crippen LogP contribution in [0.4, 0.5) is 3.89 Å². The lowest BCUT2D eigenvalue weighted by Crippen LogP contribution is -2.25. The Labute approximate surface area is 102 Å². The van der Waals surface area contributed by atoms with Crippen molar-refractivity contribution >= 4 is 39.1 Å². The zero-order valence-corrected chi connectivity index (χ0v) is 11.3. The van der Waals surface area contributed by atoms with Crippen LogP contribution < -0.4 is 0 Å². The number of thioether (sulfide) groups is 1. The van der Waals surface area contributed by atoms with Crippen molar-refractivity contribution in [2.45, 2.75) is 11.5 Å². The first-order valence-electron chi connectivity index (χ1n) is 4.30. The summed E-state index contributed by atoms with van der Waals surface area (Å²) in [7, 11) is -5.17. The number of halogens is 1. The van der Waals surface area contributed by atoms with Gasteiger partial charge in [0.05, 0.1) is 12.9 Å². The van der Waals surface area contributed by atoms with Gasteiger partial charge in [0.2, 0.25) is 0 Å². The minimum atomic E-state index is -5.42. The highest BCUT2D eigenvalue weighted by molar-refractivity contribution is 8.19. The van der Waals surface area contributed by atoms with Crippen molar-refractivity contribution in [1.82, 2.24) is 0 Å². The molecule has 1 aliphatic heterocycles. The van der Waals surface area contributed by atoms with Gasteiger partial charge in [-0.3, -0.25) is 0 Å². The summed E-state index contributed by atoms with van der Waals surface area (Å²) in [6.45, 7) is 2.36. The van der Waals surface area contributed by atoms with E-state index in [4.69, 9.17) is 17.7 Å². The van der Waals surface area contributed by atoms with Crippen LogP contribution in [0.1, 0.15) is 6.92 Å². The van der Waals surface area contributed by atoms with E-state index in [1.54, 1.807) is 11.8 Å². The minimum Gasteiger partial charge on any atom is -0.722 e. The predicted molar refractivity (Wildman–Crippen MR) is 61.8 cm³/mol. The van der Waals surface area contributed by atoms with Crippen molar-refractivity contribution in [3.05, 3.63) is 0 Å². The summed E-state index contributed by atoms with van der Waals surface area (Å²) in [5, 5.41) is 0. The fourth-order valence-corrected chi connectivity index (χ4v) is 4.92. The smallest absolute Gasteiger partial charge is 0.370 e. The monoisotopic (exact) mass is 292 g/mol. The SMILES string of the molecule is CCOC(=O)C1SCC[S+]1C.O=S(=O)([O-])F. The van der Waals surface area contributed by atoms with E-state index in [2.05, 4.69) is 6.26 Å². The van der Waals surface area contributed by atoms with Crippen molar-refractivity contribution in [2.75, 3.05) is 24.4 Å². The van der Waals surface area contributed by atoms with Gasteiger partial charge in [-0.15, -0.1) is 3.89 Å². The van der Waals surface area contributed by atoms with Crippen molar-refractivity contribution in [3.8, 4) is 0 Å². The molecule has 16 heavy (non-hydrogen) atoms. The Morgan fingerprint density at radius 2 is 2.19 bits per heavy atom. The quantitative estimate of drug-likeness (QED) is 0.315. The summed E-state index contributed by atoms with van der Waals surface area (Å²) < 4.78 is 40.4. The van der Waals surface area contributed by atoms with E-state index in [-0.39, 0.29) is 21.4 Å². The minimum absolute atomic E-state index is 0.0131. The van der Waals surface area contributed by atoms with Gasteiger partial charge in [0.25, 0.3) is 15.1 Å². The van der Waals surface area contributed by atoms with Crippen molar-refractivity contribution in [2.24, 2.45) is 0 Å². The van der Waals surface area contributed by atoms with E-state index < -0.39 is 10.5 Å². The van der Waals surface area contributed by atoms with Gasteiger partial charge in [-0.05, 0) is 6.92 Å². The van der Waals surface area contributed by atoms with Crippen molar-refractivity contribution < 1.29 is 26.4 Å². The second-order valence-electron chi connectivity index (χ2n) is 2.74. The number of esters is 1. The van der Waals surface area contributed by atoms with E-state index >= 15 is 0 Å². The number of ether oxygens (including phenoxy) is 1. The van der Waals surface area contributed by atoms with Gasteiger partial charge in [-0.1, -0.05) is 11.8 Å². The molecule has 5 nitrogen and oxygen atoms in total. The van der Waals surface area contributed by atoms with Crippen LogP contribution in [-0.4, -0.2) is 47.9 Å². The first-order chi connectivity index (χ1) is 7.25.